The summed E-state index contributed by atoms with van der Waals surface area (Å²) in [5, 5.41) is 2.79. The molecule has 0 aliphatic carbocycles. The number of ether oxygens (including phenoxy) is 2. The first-order valence-corrected chi connectivity index (χ1v) is 6.48. The zero-order valence-corrected chi connectivity index (χ0v) is 12.5. The molecule has 21 heavy (non-hydrogen) atoms. The van der Waals surface area contributed by atoms with Crippen LogP contribution in [0.4, 0.5) is 5.69 Å². The average Bonchev–Trinajstić information content (AvgIpc) is 2.77. The molecule has 0 bridgehead atoms. The topological polar surface area (TPSA) is 73.6 Å². The first-order valence-electron chi connectivity index (χ1n) is 6.48. The fourth-order valence-electron chi connectivity index (χ4n) is 1.98. The number of hydrogen-bond acceptors (Lipinski definition) is 5. The Morgan fingerprint density at radius 2 is 2.05 bits per heavy atom. The van der Waals surface area contributed by atoms with Crippen molar-refractivity contribution in [2.75, 3.05) is 19.5 Å². The van der Waals surface area contributed by atoms with Crippen molar-refractivity contribution in [3.05, 3.63) is 35.5 Å². The van der Waals surface area contributed by atoms with Gasteiger partial charge in [0.15, 0.2) is 5.89 Å². The molecule has 0 unspecified atom stereocenters. The Morgan fingerprint density at radius 1 is 1.29 bits per heavy atom. The minimum atomic E-state index is -0.197. The second-order valence-electron chi connectivity index (χ2n) is 4.53. The number of benzene rings is 1. The van der Waals surface area contributed by atoms with E-state index in [-0.39, 0.29) is 12.3 Å². The molecule has 0 spiro atoms. The van der Waals surface area contributed by atoms with E-state index in [1.807, 2.05) is 6.92 Å². The van der Waals surface area contributed by atoms with Crippen LogP contribution in [0.15, 0.2) is 22.6 Å². The summed E-state index contributed by atoms with van der Waals surface area (Å²) >= 11 is 0. The number of anilines is 1. The lowest BCUT2D eigenvalue weighted by Gasteiger charge is -2.11. The molecule has 0 saturated heterocycles. The number of methoxy groups -OCH3 is 2. The molecule has 0 radical (unpaired) electrons. The van der Waals surface area contributed by atoms with Crippen LogP contribution in [-0.4, -0.2) is 25.1 Å². The third-order valence-electron chi connectivity index (χ3n) is 3.00. The van der Waals surface area contributed by atoms with Crippen LogP contribution in [0, 0.1) is 13.8 Å². The summed E-state index contributed by atoms with van der Waals surface area (Å²) in [6.45, 7) is 3.56. The second-order valence-corrected chi connectivity index (χ2v) is 4.53. The highest BCUT2D eigenvalue weighted by Gasteiger charge is 2.14. The maximum atomic E-state index is 12.1. The minimum absolute atomic E-state index is 0.127. The number of aromatic nitrogens is 1. The molecule has 0 aliphatic heterocycles. The molecule has 1 heterocycles. The van der Waals surface area contributed by atoms with E-state index in [0.717, 1.165) is 5.69 Å². The van der Waals surface area contributed by atoms with Gasteiger partial charge < -0.3 is 19.2 Å². The Bertz CT molecular complexity index is 649. The predicted octanol–water partition coefficient (Wildman–Crippen LogP) is 2.49. The van der Waals surface area contributed by atoms with Gasteiger partial charge in [-0.15, -0.1) is 0 Å². The summed E-state index contributed by atoms with van der Waals surface area (Å²) in [5.74, 6) is 2.12. The van der Waals surface area contributed by atoms with Crippen LogP contribution in [0.1, 0.15) is 17.3 Å². The number of carbonyl (C=O) groups excluding carboxylic acids is 1. The lowest BCUT2D eigenvalue weighted by atomic mass is 10.2. The number of carbonyl (C=O) groups is 1. The Balaban J connectivity index is 2.10. The summed E-state index contributed by atoms with van der Waals surface area (Å²) < 4.78 is 15.7. The summed E-state index contributed by atoms with van der Waals surface area (Å²) in [4.78, 5) is 16.2. The van der Waals surface area contributed by atoms with Gasteiger partial charge in [-0.2, -0.15) is 0 Å². The van der Waals surface area contributed by atoms with E-state index in [2.05, 4.69) is 10.3 Å². The van der Waals surface area contributed by atoms with E-state index >= 15 is 0 Å². The number of nitrogens with zero attached hydrogens (tertiary/aromatic N) is 1. The molecule has 112 valence electrons. The van der Waals surface area contributed by atoms with Crippen LogP contribution in [0.3, 0.4) is 0 Å². The zero-order valence-electron chi connectivity index (χ0n) is 12.5. The van der Waals surface area contributed by atoms with Gasteiger partial charge in [0.25, 0.3) is 0 Å². The molecular weight excluding hydrogens is 272 g/mol. The molecule has 2 aromatic rings. The highest BCUT2D eigenvalue weighted by Crippen LogP contribution is 2.29. The number of amides is 1. The number of rotatable bonds is 5. The van der Waals surface area contributed by atoms with E-state index in [4.69, 9.17) is 13.9 Å². The zero-order chi connectivity index (χ0) is 15.4. The number of oxazole rings is 1. The van der Waals surface area contributed by atoms with Crippen LogP contribution < -0.4 is 14.8 Å². The van der Waals surface area contributed by atoms with E-state index in [9.17, 15) is 4.79 Å². The van der Waals surface area contributed by atoms with Gasteiger partial charge >= 0.3 is 0 Å². The predicted molar refractivity (Wildman–Crippen MR) is 77.9 cm³/mol. The van der Waals surface area contributed by atoms with E-state index < -0.39 is 0 Å². The highest BCUT2D eigenvalue weighted by molar-refractivity contribution is 5.93. The van der Waals surface area contributed by atoms with E-state index in [1.165, 1.54) is 7.11 Å². The Hall–Kier alpha value is -2.50. The summed E-state index contributed by atoms with van der Waals surface area (Å²) in [6.07, 6.45) is 0.127. The van der Waals surface area contributed by atoms with E-state index in [1.54, 1.807) is 32.2 Å². The molecule has 0 saturated carbocycles. The number of aryl methyl sites for hydroxylation is 2. The fraction of sp³-hybridized carbons (Fsp3) is 0.333. The fourth-order valence-corrected chi connectivity index (χ4v) is 1.98. The van der Waals surface area contributed by atoms with E-state index in [0.29, 0.717) is 28.8 Å². The Morgan fingerprint density at radius 3 is 2.62 bits per heavy atom. The molecule has 2 rings (SSSR count). The number of hydrogen-bond donors (Lipinski definition) is 1. The van der Waals surface area contributed by atoms with Crippen molar-refractivity contribution in [2.45, 2.75) is 20.3 Å². The second kappa shape index (κ2) is 6.30. The molecule has 1 aromatic carbocycles. The summed E-state index contributed by atoms with van der Waals surface area (Å²) in [5.41, 5.74) is 1.31. The summed E-state index contributed by atoms with van der Waals surface area (Å²) in [7, 11) is 3.11. The van der Waals surface area contributed by atoms with Crippen molar-refractivity contribution >= 4 is 11.6 Å². The molecule has 1 N–H and O–H groups in total. The third kappa shape index (κ3) is 3.53. The molecular formula is C15H18N2O4. The van der Waals surface area contributed by atoms with Crippen molar-refractivity contribution in [3.63, 3.8) is 0 Å². The third-order valence-corrected chi connectivity index (χ3v) is 3.00. The van der Waals surface area contributed by atoms with Gasteiger partial charge in [0.1, 0.15) is 17.3 Å². The first-order chi connectivity index (χ1) is 10.0. The van der Waals surface area contributed by atoms with Crippen molar-refractivity contribution in [3.8, 4) is 11.5 Å². The van der Waals surface area contributed by atoms with Gasteiger partial charge in [-0.3, -0.25) is 4.79 Å². The largest absolute Gasteiger partial charge is 0.497 e. The smallest absolute Gasteiger partial charge is 0.232 e. The summed E-state index contributed by atoms with van der Waals surface area (Å²) in [6, 6.07) is 5.19. The Kier molecular flexibility index (Phi) is 4.47. The average molecular weight is 290 g/mol. The molecule has 0 aliphatic rings. The van der Waals surface area contributed by atoms with Crippen molar-refractivity contribution in [1.82, 2.24) is 4.98 Å². The standard InChI is InChI=1S/C15H18N2O4/c1-9-13(21-10(2)16-9)8-15(18)17-12-6-5-11(19-3)7-14(12)20-4/h5-7H,8H2,1-4H3,(H,17,18). The molecule has 1 amide bonds. The van der Waals surface area contributed by atoms with Gasteiger partial charge in [0, 0.05) is 13.0 Å². The first kappa shape index (κ1) is 14.9. The van der Waals surface area contributed by atoms with Gasteiger partial charge in [-0.05, 0) is 19.1 Å². The van der Waals surface area contributed by atoms with Crippen LogP contribution in [0.25, 0.3) is 0 Å². The molecule has 6 heteroatoms. The maximum absolute atomic E-state index is 12.1. The minimum Gasteiger partial charge on any atom is -0.497 e. The van der Waals surface area contributed by atoms with Crippen molar-refractivity contribution < 1.29 is 18.7 Å². The van der Waals surface area contributed by atoms with Gasteiger partial charge in [-0.25, -0.2) is 4.98 Å². The van der Waals surface area contributed by atoms with Crippen LogP contribution in [0.5, 0.6) is 11.5 Å². The SMILES string of the molecule is COc1ccc(NC(=O)Cc2oc(C)nc2C)c(OC)c1. The van der Waals surface area contributed by atoms with Crippen LogP contribution >= 0.6 is 0 Å². The molecule has 1 aromatic heterocycles. The van der Waals surface area contributed by atoms with Crippen LogP contribution in [0.2, 0.25) is 0 Å². The monoisotopic (exact) mass is 290 g/mol. The number of nitrogens with one attached hydrogen (secondary N) is 1. The van der Waals surface area contributed by atoms with Crippen LogP contribution in [-0.2, 0) is 11.2 Å². The lowest BCUT2D eigenvalue weighted by molar-refractivity contribution is -0.115. The molecule has 0 fully saturated rings. The molecule has 0 atom stereocenters. The quantitative estimate of drug-likeness (QED) is 0.915. The van der Waals surface area contributed by atoms with Gasteiger partial charge in [0.05, 0.1) is 32.0 Å². The Labute approximate surface area is 123 Å². The molecule has 6 nitrogen and oxygen atoms in total. The van der Waals surface area contributed by atoms with Crippen molar-refractivity contribution in [2.24, 2.45) is 0 Å². The lowest BCUT2D eigenvalue weighted by Crippen LogP contribution is -2.15. The maximum Gasteiger partial charge on any atom is 0.232 e. The highest BCUT2D eigenvalue weighted by atomic mass is 16.5. The van der Waals surface area contributed by atoms with Crippen molar-refractivity contribution in [1.29, 1.82) is 0 Å². The van der Waals surface area contributed by atoms with Gasteiger partial charge in [-0.1, -0.05) is 0 Å². The normalized spacial score (nSPS) is 10.3. The van der Waals surface area contributed by atoms with Gasteiger partial charge in [0.2, 0.25) is 5.91 Å².